The molecule has 0 aliphatic carbocycles. The number of aromatic nitrogens is 3. The van der Waals surface area contributed by atoms with Gasteiger partial charge in [0.15, 0.2) is 6.61 Å². The summed E-state index contributed by atoms with van der Waals surface area (Å²) in [6, 6.07) is 12.9. The van der Waals surface area contributed by atoms with E-state index >= 15 is 0 Å². The van der Waals surface area contributed by atoms with Gasteiger partial charge < -0.3 is 26.4 Å². The standard InChI is InChI=1S/C25H28ClF3N8O2/c26-18-9-5-16(6-10-18)14-33-22-35-23(37-24(36-22)39-15-25(27,28)29)34-19-11-7-17(8-12-19)21(38)32-13-3-1-2-4-20(30)31/h5-12H,1-4,13-15H2,(H3,30,31)(H,32,38)(H2,33,34,35,36,37). The second kappa shape index (κ2) is 14.1. The number of nitrogens with zero attached hydrogens (tertiary/aromatic N) is 3. The summed E-state index contributed by atoms with van der Waals surface area (Å²) in [5.74, 6) is -0.146. The molecule has 39 heavy (non-hydrogen) atoms. The predicted molar refractivity (Wildman–Crippen MR) is 143 cm³/mol. The minimum atomic E-state index is -4.57. The number of amidine groups is 1. The Labute approximate surface area is 228 Å². The van der Waals surface area contributed by atoms with Gasteiger partial charge in [0.25, 0.3) is 5.91 Å². The molecule has 1 aromatic heterocycles. The Morgan fingerprint density at radius 1 is 0.974 bits per heavy atom. The highest BCUT2D eigenvalue weighted by molar-refractivity contribution is 6.30. The molecule has 14 heteroatoms. The maximum Gasteiger partial charge on any atom is 0.422 e. The fourth-order valence-corrected chi connectivity index (χ4v) is 3.37. The number of benzene rings is 2. The SMILES string of the molecule is N=C(N)CCCCCNC(=O)c1ccc(Nc2nc(NCc3ccc(Cl)cc3)nc(OCC(F)(F)F)n2)cc1. The van der Waals surface area contributed by atoms with Crippen molar-refractivity contribution < 1.29 is 22.7 Å². The van der Waals surface area contributed by atoms with Gasteiger partial charge in [0.05, 0.1) is 5.84 Å². The third-order valence-corrected chi connectivity index (χ3v) is 5.41. The van der Waals surface area contributed by atoms with Gasteiger partial charge in [0.1, 0.15) is 0 Å². The monoisotopic (exact) mass is 564 g/mol. The smallest absolute Gasteiger partial charge is 0.422 e. The van der Waals surface area contributed by atoms with Gasteiger partial charge in [-0.3, -0.25) is 10.2 Å². The van der Waals surface area contributed by atoms with Crippen molar-refractivity contribution in [2.75, 3.05) is 23.8 Å². The number of nitrogens with two attached hydrogens (primary N) is 1. The van der Waals surface area contributed by atoms with Crippen molar-refractivity contribution in [3.05, 3.63) is 64.7 Å². The number of unbranched alkanes of at least 4 members (excludes halogenated alkanes) is 2. The Hall–Kier alpha value is -4.13. The zero-order valence-corrected chi connectivity index (χ0v) is 21.6. The molecule has 0 aliphatic heterocycles. The van der Waals surface area contributed by atoms with Crippen LogP contribution < -0.4 is 26.4 Å². The van der Waals surface area contributed by atoms with E-state index in [9.17, 15) is 18.0 Å². The number of anilines is 3. The fourth-order valence-electron chi connectivity index (χ4n) is 3.24. The van der Waals surface area contributed by atoms with Crippen molar-refractivity contribution in [1.29, 1.82) is 5.41 Å². The number of alkyl halides is 3. The Balaban J connectivity index is 1.62. The van der Waals surface area contributed by atoms with Gasteiger partial charge in [0, 0.05) is 35.8 Å². The van der Waals surface area contributed by atoms with E-state index in [4.69, 9.17) is 27.5 Å². The first kappa shape index (κ1) is 29.4. The van der Waals surface area contributed by atoms with Crippen LogP contribution in [0.25, 0.3) is 0 Å². The number of halogens is 4. The summed E-state index contributed by atoms with van der Waals surface area (Å²) in [4.78, 5) is 24.4. The van der Waals surface area contributed by atoms with E-state index in [1.165, 1.54) is 0 Å². The molecule has 0 spiro atoms. The van der Waals surface area contributed by atoms with Crippen molar-refractivity contribution in [3.8, 4) is 6.01 Å². The first-order chi connectivity index (χ1) is 18.6. The van der Waals surface area contributed by atoms with Crippen LogP contribution in [-0.2, 0) is 6.54 Å². The van der Waals surface area contributed by atoms with Gasteiger partial charge in [-0.15, -0.1) is 0 Å². The number of carbonyl (C=O) groups is 1. The van der Waals surface area contributed by atoms with Crippen LogP contribution in [0.1, 0.15) is 41.6 Å². The van der Waals surface area contributed by atoms with Crippen molar-refractivity contribution in [1.82, 2.24) is 20.3 Å². The largest absolute Gasteiger partial charge is 0.454 e. The lowest BCUT2D eigenvalue weighted by Gasteiger charge is -2.12. The molecule has 3 rings (SSSR count). The quantitative estimate of drug-likeness (QED) is 0.104. The molecule has 3 aromatic rings. The van der Waals surface area contributed by atoms with E-state index in [2.05, 4.69) is 30.9 Å². The van der Waals surface area contributed by atoms with E-state index in [0.29, 0.717) is 29.2 Å². The number of hydrogen-bond acceptors (Lipinski definition) is 8. The number of nitrogens with one attached hydrogen (secondary N) is 4. The lowest BCUT2D eigenvalue weighted by atomic mass is 10.1. The third-order valence-electron chi connectivity index (χ3n) is 5.16. The summed E-state index contributed by atoms with van der Waals surface area (Å²) < 4.78 is 42.7. The Morgan fingerprint density at radius 2 is 1.67 bits per heavy atom. The van der Waals surface area contributed by atoms with Crippen molar-refractivity contribution in [2.45, 2.75) is 38.4 Å². The molecule has 0 fully saturated rings. The minimum Gasteiger partial charge on any atom is -0.454 e. The molecular formula is C25H28ClF3N8O2. The highest BCUT2D eigenvalue weighted by Crippen LogP contribution is 2.21. The highest BCUT2D eigenvalue weighted by Gasteiger charge is 2.29. The first-order valence-electron chi connectivity index (χ1n) is 12.0. The average molecular weight is 565 g/mol. The van der Waals surface area contributed by atoms with Crippen LogP contribution in [0.4, 0.5) is 30.8 Å². The van der Waals surface area contributed by atoms with Crippen LogP contribution in [0.2, 0.25) is 5.02 Å². The van der Waals surface area contributed by atoms with Gasteiger partial charge in [-0.2, -0.15) is 28.1 Å². The van der Waals surface area contributed by atoms with Gasteiger partial charge in [-0.05, 0) is 54.8 Å². The summed E-state index contributed by atoms with van der Waals surface area (Å²) in [7, 11) is 0. The zero-order valence-electron chi connectivity index (χ0n) is 20.8. The molecular weight excluding hydrogens is 537 g/mol. The van der Waals surface area contributed by atoms with Gasteiger partial charge in [-0.25, -0.2) is 0 Å². The summed E-state index contributed by atoms with van der Waals surface area (Å²) in [5.41, 5.74) is 7.09. The average Bonchev–Trinajstić information content (AvgIpc) is 2.89. The van der Waals surface area contributed by atoms with Crippen molar-refractivity contribution in [3.63, 3.8) is 0 Å². The summed E-state index contributed by atoms with van der Waals surface area (Å²) in [6.45, 7) is -0.790. The molecule has 208 valence electrons. The maximum atomic E-state index is 12.7. The van der Waals surface area contributed by atoms with Crippen LogP contribution >= 0.6 is 11.6 Å². The Kier molecular flexibility index (Phi) is 10.7. The van der Waals surface area contributed by atoms with Crippen molar-refractivity contribution in [2.24, 2.45) is 5.73 Å². The van der Waals surface area contributed by atoms with E-state index in [0.717, 1.165) is 24.8 Å². The molecule has 0 saturated carbocycles. The molecule has 2 aromatic carbocycles. The lowest BCUT2D eigenvalue weighted by molar-refractivity contribution is -0.154. The summed E-state index contributed by atoms with van der Waals surface area (Å²) in [5, 5.41) is 16.4. The number of rotatable bonds is 14. The highest BCUT2D eigenvalue weighted by atomic mass is 35.5. The Morgan fingerprint density at radius 3 is 2.33 bits per heavy atom. The van der Waals surface area contributed by atoms with Crippen LogP contribution in [0, 0.1) is 5.41 Å². The second-order valence-corrected chi connectivity index (χ2v) is 8.88. The van der Waals surface area contributed by atoms with Crippen LogP contribution in [0.15, 0.2) is 48.5 Å². The third kappa shape index (κ3) is 11.0. The van der Waals surface area contributed by atoms with Gasteiger partial charge in [-0.1, -0.05) is 30.2 Å². The molecule has 0 bridgehead atoms. The molecule has 0 aliphatic rings. The van der Waals surface area contributed by atoms with Crippen LogP contribution in [0.5, 0.6) is 6.01 Å². The number of hydrogen-bond donors (Lipinski definition) is 5. The van der Waals surface area contributed by atoms with E-state index < -0.39 is 18.8 Å². The molecule has 0 unspecified atom stereocenters. The minimum absolute atomic E-state index is 0.000995. The molecule has 0 saturated heterocycles. The number of ether oxygens (including phenoxy) is 1. The molecule has 1 amide bonds. The maximum absolute atomic E-state index is 12.7. The fraction of sp³-hybridized carbons (Fsp3) is 0.320. The molecule has 10 nitrogen and oxygen atoms in total. The van der Waals surface area contributed by atoms with Gasteiger partial charge >= 0.3 is 12.2 Å². The number of amides is 1. The molecule has 1 heterocycles. The number of carbonyl (C=O) groups excluding carboxylic acids is 1. The van der Waals surface area contributed by atoms with Gasteiger partial charge in [0.2, 0.25) is 11.9 Å². The van der Waals surface area contributed by atoms with Crippen LogP contribution in [0.3, 0.4) is 0 Å². The van der Waals surface area contributed by atoms with E-state index in [-0.39, 0.29) is 30.2 Å². The molecule has 0 atom stereocenters. The molecule has 0 radical (unpaired) electrons. The van der Waals surface area contributed by atoms with Crippen molar-refractivity contribution >= 4 is 40.9 Å². The second-order valence-electron chi connectivity index (χ2n) is 8.44. The van der Waals surface area contributed by atoms with Crippen LogP contribution in [-0.4, -0.2) is 46.0 Å². The molecule has 6 N–H and O–H groups in total. The normalized spacial score (nSPS) is 11.1. The topological polar surface area (TPSA) is 151 Å². The summed E-state index contributed by atoms with van der Waals surface area (Å²) >= 11 is 5.89. The predicted octanol–water partition coefficient (Wildman–Crippen LogP) is 5.05. The first-order valence-corrected chi connectivity index (χ1v) is 12.4. The zero-order chi connectivity index (χ0) is 28.3. The lowest BCUT2D eigenvalue weighted by Crippen LogP contribution is -2.24. The Bertz CT molecular complexity index is 1240. The summed E-state index contributed by atoms with van der Waals surface area (Å²) in [6.07, 6.45) is -1.61. The van der Waals surface area contributed by atoms with E-state index in [1.807, 2.05) is 0 Å². The van der Waals surface area contributed by atoms with E-state index in [1.54, 1.807) is 48.5 Å².